The summed E-state index contributed by atoms with van der Waals surface area (Å²) < 4.78 is 1.52. The molecule has 6 heteroatoms. The van der Waals surface area contributed by atoms with Gasteiger partial charge in [0.15, 0.2) is 0 Å². The minimum absolute atomic E-state index is 0.0364. The predicted molar refractivity (Wildman–Crippen MR) is 89.4 cm³/mol. The van der Waals surface area contributed by atoms with Crippen molar-refractivity contribution in [1.82, 2.24) is 19.6 Å². The lowest BCUT2D eigenvalue weighted by Gasteiger charge is -2.41. The third-order valence-corrected chi connectivity index (χ3v) is 5.18. The van der Waals surface area contributed by atoms with Crippen molar-refractivity contribution in [3.63, 3.8) is 0 Å². The highest BCUT2D eigenvalue weighted by Crippen LogP contribution is 2.29. The van der Waals surface area contributed by atoms with E-state index in [1.165, 1.54) is 11.1 Å². The average molecular weight is 320 g/mol. The Bertz CT molecular complexity index is 546. The monoisotopic (exact) mass is 320 g/mol. The molecule has 0 bridgehead atoms. The molecular formula is C17H28N4O2. The summed E-state index contributed by atoms with van der Waals surface area (Å²) in [4.78, 5) is 16.4. The van der Waals surface area contributed by atoms with Gasteiger partial charge >= 0.3 is 0 Å². The van der Waals surface area contributed by atoms with E-state index in [0.29, 0.717) is 6.54 Å². The number of β-amino-alcohol motifs (C(OH)–C–C–N with tert-alkyl or cyclic N) is 1. The highest BCUT2D eigenvalue weighted by Gasteiger charge is 2.32. The van der Waals surface area contributed by atoms with Crippen LogP contribution >= 0.6 is 0 Å². The SMILES string of the molecule is O=c1cccnn1CCN1CCN(CC2(O)CCCCC2)CC1. The number of hydrogen-bond donors (Lipinski definition) is 1. The largest absolute Gasteiger partial charge is 0.389 e. The zero-order chi connectivity index (χ0) is 16.1. The van der Waals surface area contributed by atoms with Crippen molar-refractivity contribution in [2.45, 2.75) is 44.2 Å². The van der Waals surface area contributed by atoms with Gasteiger partial charge in [0.05, 0.1) is 12.1 Å². The summed E-state index contributed by atoms with van der Waals surface area (Å²) in [6.45, 7) is 6.31. The predicted octanol–water partition coefficient (Wildman–Crippen LogP) is 0.556. The van der Waals surface area contributed by atoms with Crippen LogP contribution in [0.15, 0.2) is 23.1 Å². The minimum Gasteiger partial charge on any atom is -0.389 e. The van der Waals surface area contributed by atoms with E-state index in [1.807, 2.05) is 0 Å². The maximum Gasteiger partial charge on any atom is 0.266 e. The van der Waals surface area contributed by atoms with Crippen LogP contribution in [0.5, 0.6) is 0 Å². The van der Waals surface area contributed by atoms with Gasteiger partial charge < -0.3 is 5.11 Å². The standard InChI is InChI=1S/C17H28N4O2/c22-16-5-4-8-18-21(16)14-13-19-9-11-20(12-10-19)15-17(23)6-2-1-3-7-17/h4-5,8,23H,1-3,6-7,9-15H2. The maximum atomic E-state index is 11.6. The third kappa shape index (κ3) is 4.62. The molecule has 2 aliphatic rings. The first-order chi connectivity index (χ1) is 11.1. The number of piperazine rings is 1. The van der Waals surface area contributed by atoms with Crippen molar-refractivity contribution in [2.24, 2.45) is 0 Å². The van der Waals surface area contributed by atoms with Crippen LogP contribution in [0, 0.1) is 0 Å². The first kappa shape index (κ1) is 16.6. The molecule has 0 atom stereocenters. The van der Waals surface area contributed by atoms with E-state index in [9.17, 15) is 9.90 Å². The van der Waals surface area contributed by atoms with E-state index in [0.717, 1.165) is 65.0 Å². The number of nitrogens with zero attached hydrogens (tertiary/aromatic N) is 4. The lowest BCUT2D eigenvalue weighted by atomic mass is 9.84. The molecule has 6 nitrogen and oxygen atoms in total. The van der Waals surface area contributed by atoms with E-state index in [2.05, 4.69) is 14.9 Å². The summed E-state index contributed by atoms with van der Waals surface area (Å²) in [5.74, 6) is 0. The molecule has 1 aliphatic heterocycles. The van der Waals surface area contributed by atoms with Crippen LogP contribution in [0.4, 0.5) is 0 Å². The van der Waals surface area contributed by atoms with Gasteiger partial charge in [-0.3, -0.25) is 14.6 Å². The van der Waals surface area contributed by atoms with Crippen LogP contribution in [0.3, 0.4) is 0 Å². The molecule has 1 aliphatic carbocycles. The zero-order valence-electron chi connectivity index (χ0n) is 13.9. The van der Waals surface area contributed by atoms with Crippen LogP contribution < -0.4 is 5.56 Å². The van der Waals surface area contributed by atoms with E-state index in [1.54, 1.807) is 18.3 Å². The average Bonchev–Trinajstić information content (AvgIpc) is 2.56. The molecule has 3 rings (SSSR count). The number of rotatable bonds is 5. The Morgan fingerprint density at radius 1 is 1.04 bits per heavy atom. The summed E-state index contributed by atoms with van der Waals surface area (Å²) in [6, 6.07) is 3.23. The highest BCUT2D eigenvalue weighted by molar-refractivity contribution is 4.88. The van der Waals surface area contributed by atoms with Crippen LogP contribution in [-0.4, -0.2) is 69.6 Å². The van der Waals surface area contributed by atoms with Gasteiger partial charge in [0, 0.05) is 51.5 Å². The normalized spacial score (nSPS) is 23.0. The van der Waals surface area contributed by atoms with Crippen molar-refractivity contribution in [3.8, 4) is 0 Å². The van der Waals surface area contributed by atoms with Gasteiger partial charge in [-0.05, 0) is 18.9 Å². The molecule has 1 aromatic heterocycles. The summed E-state index contributed by atoms with van der Waals surface area (Å²) >= 11 is 0. The highest BCUT2D eigenvalue weighted by atomic mass is 16.3. The summed E-state index contributed by atoms with van der Waals surface area (Å²) in [7, 11) is 0. The molecular weight excluding hydrogens is 292 g/mol. The fraction of sp³-hybridized carbons (Fsp3) is 0.765. The molecule has 0 spiro atoms. The molecule has 1 aromatic rings. The number of aliphatic hydroxyl groups is 1. The Balaban J connectivity index is 1.42. The van der Waals surface area contributed by atoms with Crippen LogP contribution in [0.2, 0.25) is 0 Å². The first-order valence-electron chi connectivity index (χ1n) is 8.84. The second kappa shape index (κ2) is 7.55. The second-order valence-corrected chi connectivity index (χ2v) is 6.99. The summed E-state index contributed by atoms with van der Waals surface area (Å²) in [5.41, 5.74) is -0.493. The van der Waals surface area contributed by atoms with Gasteiger partial charge in [0.1, 0.15) is 0 Å². The van der Waals surface area contributed by atoms with Gasteiger partial charge in [0.2, 0.25) is 0 Å². The van der Waals surface area contributed by atoms with Crippen molar-refractivity contribution in [1.29, 1.82) is 0 Å². The molecule has 0 amide bonds. The van der Waals surface area contributed by atoms with E-state index < -0.39 is 5.60 Å². The fourth-order valence-electron chi connectivity index (χ4n) is 3.75. The quantitative estimate of drug-likeness (QED) is 0.859. The van der Waals surface area contributed by atoms with E-state index in [4.69, 9.17) is 0 Å². The lowest BCUT2D eigenvalue weighted by Crippen LogP contribution is -2.53. The first-order valence-corrected chi connectivity index (χ1v) is 8.84. The molecule has 1 saturated carbocycles. The summed E-state index contributed by atoms with van der Waals surface area (Å²) in [6.07, 6.45) is 7.16. The van der Waals surface area contributed by atoms with Gasteiger partial charge in [0.25, 0.3) is 5.56 Å². The molecule has 0 radical (unpaired) electrons. The van der Waals surface area contributed by atoms with Gasteiger partial charge in [-0.15, -0.1) is 0 Å². The summed E-state index contributed by atoms with van der Waals surface area (Å²) in [5, 5.41) is 14.8. The van der Waals surface area contributed by atoms with Crippen LogP contribution in [-0.2, 0) is 6.54 Å². The molecule has 1 N–H and O–H groups in total. The number of aromatic nitrogens is 2. The van der Waals surface area contributed by atoms with Gasteiger partial charge in [-0.25, -0.2) is 4.68 Å². The molecule has 23 heavy (non-hydrogen) atoms. The van der Waals surface area contributed by atoms with Gasteiger partial charge in [-0.1, -0.05) is 19.3 Å². The fourth-order valence-corrected chi connectivity index (χ4v) is 3.75. The van der Waals surface area contributed by atoms with Crippen LogP contribution in [0.25, 0.3) is 0 Å². The van der Waals surface area contributed by atoms with Gasteiger partial charge in [-0.2, -0.15) is 5.10 Å². The number of hydrogen-bond acceptors (Lipinski definition) is 5. The Hall–Kier alpha value is -1.24. The van der Waals surface area contributed by atoms with Crippen molar-refractivity contribution < 1.29 is 5.11 Å². The molecule has 2 fully saturated rings. The minimum atomic E-state index is -0.457. The Kier molecular flexibility index (Phi) is 5.46. The van der Waals surface area contributed by atoms with Crippen molar-refractivity contribution >= 4 is 0 Å². The molecule has 128 valence electrons. The van der Waals surface area contributed by atoms with E-state index >= 15 is 0 Å². The molecule has 2 heterocycles. The Labute approximate surface area is 137 Å². The Morgan fingerprint density at radius 2 is 1.74 bits per heavy atom. The van der Waals surface area contributed by atoms with E-state index in [-0.39, 0.29) is 5.56 Å². The van der Waals surface area contributed by atoms with Crippen LogP contribution in [0.1, 0.15) is 32.1 Å². The smallest absolute Gasteiger partial charge is 0.266 e. The molecule has 0 aromatic carbocycles. The third-order valence-electron chi connectivity index (χ3n) is 5.18. The van der Waals surface area contributed by atoms with Crippen molar-refractivity contribution in [2.75, 3.05) is 39.3 Å². The lowest BCUT2D eigenvalue weighted by molar-refractivity contribution is -0.0356. The second-order valence-electron chi connectivity index (χ2n) is 6.99. The topological polar surface area (TPSA) is 61.6 Å². The molecule has 1 saturated heterocycles. The zero-order valence-corrected chi connectivity index (χ0v) is 13.9. The maximum absolute atomic E-state index is 11.6. The molecule has 0 unspecified atom stereocenters. The Morgan fingerprint density at radius 3 is 2.43 bits per heavy atom. The van der Waals surface area contributed by atoms with Crippen molar-refractivity contribution in [3.05, 3.63) is 28.7 Å².